The van der Waals surface area contributed by atoms with Crippen molar-refractivity contribution in [3.05, 3.63) is 21.9 Å². The second kappa shape index (κ2) is 5.07. The second-order valence-corrected chi connectivity index (χ2v) is 5.49. The van der Waals surface area contributed by atoms with Gasteiger partial charge in [-0.05, 0) is 18.6 Å². The molecule has 1 aliphatic heterocycles. The molecule has 0 unspecified atom stereocenters. The number of carbonyl (C=O) groups is 2. The van der Waals surface area contributed by atoms with Crippen LogP contribution in [-0.2, 0) is 11.2 Å². The lowest BCUT2D eigenvalue weighted by Crippen LogP contribution is -2.40. The van der Waals surface area contributed by atoms with Crippen molar-refractivity contribution in [3.8, 4) is 0 Å². The van der Waals surface area contributed by atoms with Crippen LogP contribution in [0.3, 0.4) is 0 Å². The van der Waals surface area contributed by atoms with E-state index in [4.69, 9.17) is 5.11 Å². The summed E-state index contributed by atoms with van der Waals surface area (Å²) < 4.78 is 0. The van der Waals surface area contributed by atoms with Crippen LogP contribution < -0.4 is 0 Å². The third kappa shape index (κ3) is 2.39. The number of carboxylic acids is 1. The summed E-state index contributed by atoms with van der Waals surface area (Å²) in [5, 5.41) is 18.6. The summed E-state index contributed by atoms with van der Waals surface area (Å²) in [7, 11) is 0. The van der Waals surface area contributed by atoms with Gasteiger partial charge < -0.3 is 15.1 Å². The third-order valence-corrected chi connectivity index (χ3v) is 4.26. The molecule has 2 heterocycles. The topological polar surface area (TPSA) is 77.8 Å². The third-order valence-electron chi connectivity index (χ3n) is 3.05. The summed E-state index contributed by atoms with van der Waals surface area (Å²) in [6.07, 6.45) is 0.205. The number of β-amino-alcohol motifs (C(OH)–C–C–N with tert-alkyl or cyclic N) is 1. The Morgan fingerprint density at radius 1 is 1.50 bits per heavy atom. The number of aliphatic hydroxyl groups excluding tert-OH is 1. The van der Waals surface area contributed by atoms with E-state index in [0.29, 0.717) is 4.88 Å². The lowest BCUT2D eigenvalue weighted by atomic mass is 10.2. The van der Waals surface area contributed by atoms with E-state index in [1.807, 2.05) is 13.0 Å². The predicted octanol–water partition coefficient (Wildman–Crippen LogP) is 0.970. The van der Waals surface area contributed by atoms with E-state index in [0.717, 1.165) is 11.3 Å². The molecule has 1 amide bonds. The van der Waals surface area contributed by atoms with E-state index in [1.54, 1.807) is 6.07 Å². The Hall–Kier alpha value is -1.40. The van der Waals surface area contributed by atoms with E-state index in [9.17, 15) is 14.7 Å². The maximum atomic E-state index is 12.2. The van der Waals surface area contributed by atoms with Gasteiger partial charge in [-0.1, -0.05) is 6.92 Å². The van der Waals surface area contributed by atoms with Crippen LogP contribution >= 0.6 is 11.3 Å². The number of amides is 1. The minimum Gasteiger partial charge on any atom is -0.480 e. The molecule has 98 valence electrons. The quantitative estimate of drug-likeness (QED) is 0.857. The van der Waals surface area contributed by atoms with Crippen molar-refractivity contribution in [1.82, 2.24) is 4.90 Å². The van der Waals surface area contributed by atoms with Gasteiger partial charge in [-0.15, -0.1) is 11.3 Å². The molecule has 1 aromatic heterocycles. The van der Waals surface area contributed by atoms with Crippen molar-refractivity contribution < 1.29 is 19.8 Å². The number of hydrogen-bond acceptors (Lipinski definition) is 4. The zero-order chi connectivity index (χ0) is 13.3. The summed E-state index contributed by atoms with van der Waals surface area (Å²) in [4.78, 5) is 26.1. The minimum atomic E-state index is -1.06. The highest BCUT2D eigenvalue weighted by molar-refractivity contribution is 7.14. The van der Waals surface area contributed by atoms with Gasteiger partial charge >= 0.3 is 5.97 Å². The van der Waals surface area contributed by atoms with Crippen LogP contribution in [0, 0.1) is 0 Å². The normalized spacial score (nSPS) is 23.3. The fraction of sp³-hybridized carbons (Fsp3) is 0.500. The van der Waals surface area contributed by atoms with Gasteiger partial charge in [-0.25, -0.2) is 4.79 Å². The molecule has 1 saturated heterocycles. The highest BCUT2D eigenvalue weighted by Crippen LogP contribution is 2.24. The molecule has 0 spiro atoms. The first-order valence-electron chi connectivity index (χ1n) is 5.83. The van der Waals surface area contributed by atoms with Crippen molar-refractivity contribution in [2.75, 3.05) is 6.54 Å². The van der Waals surface area contributed by atoms with Crippen molar-refractivity contribution in [1.29, 1.82) is 0 Å². The summed E-state index contributed by atoms with van der Waals surface area (Å²) >= 11 is 1.38. The molecule has 5 nitrogen and oxygen atoms in total. The fourth-order valence-electron chi connectivity index (χ4n) is 2.10. The van der Waals surface area contributed by atoms with Gasteiger partial charge in [-0.2, -0.15) is 0 Å². The molecule has 6 heteroatoms. The maximum absolute atomic E-state index is 12.2. The number of thiophene rings is 1. The van der Waals surface area contributed by atoms with Crippen LogP contribution in [0.15, 0.2) is 12.1 Å². The Labute approximate surface area is 109 Å². The van der Waals surface area contributed by atoms with Crippen LogP contribution in [0.1, 0.15) is 27.9 Å². The average molecular weight is 269 g/mol. The Morgan fingerprint density at radius 2 is 2.22 bits per heavy atom. The molecule has 1 aromatic rings. The Morgan fingerprint density at radius 3 is 2.78 bits per heavy atom. The van der Waals surface area contributed by atoms with Crippen LogP contribution in [0.2, 0.25) is 0 Å². The smallest absolute Gasteiger partial charge is 0.326 e. The molecule has 0 radical (unpaired) electrons. The second-order valence-electron chi connectivity index (χ2n) is 4.32. The average Bonchev–Trinajstić information content (AvgIpc) is 2.94. The van der Waals surface area contributed by atoms with Crippen molar-refractivity contribution in [2.45, 2.75) is 31.9 Å². The van der Waals surface area contributed by atoms with E-state index in [2.05, 4.69) is 0 Å². The van der Waals surface area contributed by atoms with Crippen LogP contribution in [-0.4, -0.2) is 45.7 Å². The SMILES string of the molecule is CCc1ccc(C(=O)N2C[C@H](O)C[C@@H]2C(=O)O)s1. The number of hydrogen-bond donors (Lipinski definition) is 2. The molecule has 0 saturated carbocycles. The minimum absolute atomic E-state index is 0.0924. The monoisotopic (exact) mass is 269 g/mol. The van der Waals surface area contributed by atoms with Crippen molar-refractivity contribution in [2.24, 2.45) is 0 Å². The highest BCUT2D eigenvalue weighted by Gasteiger charge is 2.39. The van der Waals surface area contributed by atoms with Crippen LogP contribution in [0.5, 0.6) is 0 Å². The van der Waals surface area contributed by atoms with Gasteiger partial charge in [0, 0.05) is 17.8 Å². The highest BCUT2D eigenvalue weighted by atomic mass is 32.1. The molecule has 0 aromatic carbocycles. The van der Waals surface area contributed by atoms with E-state index < -0.39 is 18.1 Å². The number of carboxylic acid groups (broad SMARTS) is 1. The van der Waals surface area contributed by atoms with Gasteiger partial charge in [0.25, 0.3) is 5.91 Å². The van der Waals surface area contributed by atoms with Crippen LogP contribution in [0.25, 0.3) is 0 Å². The molecule has 0 bridgehead atoms. The zero-order valence-corrected chi connectivity index (χ0v) is 10.8. The van der Waals surface area contributed by atoms with Crippen molar-refractivity contribution >= 4 is 23.2 Å². The van der Waals surface area contributed by atoms with Gasteiger partial charge in [0.2, 0.25) is 0 Å². The van der Waals surface area contributed by atoms with Crippen molar-refractivity contribution in [3.63, 3.8) is 0 Å². The van der Waals surface area contributed by atoms with Gasteiger partial charge in [0.15, 0.2) is 0 Å². The van der Waals surface area contributed by atoms with Gasteiger partial charge in [-0.3, -0.25) is 4.79 Å². The molecule has 1 fully saturated rings. The first-order chi connectivity index (χ1) is 8.52. The standard InChI is InChI=1S/C12H15NO4S/c1-2-8-3-4-10(18-8)11(15)13-6-7(14)5-9(13)12(16)17/h3-4,7,9,14H,2,5-6H2,1H3,(H,16,17)/t7-,9-/m1/s1. The fourth-order valence-corrected chi connectivity index (χ4v) is 3.00. The van der Waals surface area contributed by atoms with E-state index in [-0.39, 0.29) is 18.9 Å². The number of aliphatic carboxylic acids is 1. The summed E-state index contributed by atoms with van der Waals surface area (Å²) in [5.74, 6) is -1.36. The number of aryl methyl sites for hydroxylation is 1. The number of likely N-dealkylation sites (tertiary alicyclic amines) is 1. The largest absolute Gasteiger partial charge is 0.480 e. The Bertz CT molecular complexity index is 470. The van der Waals surface area contributed by atoms with Gasteiger partial charge in [0.1, 0.15) is 6.04 Å². The van der Waals surface area contributed by atoms with Gasteiger partial charge in [0.05, 0.1) is 11.0 Å². The molecule has 0 aliphatic carbocycles. The lowest BCUT2D eigenvalue weighted by molar-refractivity contribution is -0.141. The number of rotatable bonds is 3. The Balaban J connectivity index is 2.19. The number of nitrogens with zero attached hydrogens (tertiary/aromatic N) is 1. The molecule has 1 aliphatic rings. The Kier molecular flexibility index (Phi) is 3.68. The number of carbonyl (C=O) groups excluding carboxylic acids is 1. The first kappa shape index (κ1) is 13.0. The lowest BCUT2D eigenvalue weighted by Gasteiger charge is -2.20. The molecule has 18 heavy (non-hydrogen) atoms. The predicted molar refractivity (Wildman–Crippen MR) is 66.8 cm³/mol. The molecule has 2 atom stereocenters. The summed E-state index contributed by atoms with van der Waals surface area (Å²) in [5.41, 5.74) is 0. The first-order valence-corrected chi connectivity index (χ1v) is 6.65. The molecular weight excluding hydrogens is 254 g/mol. The number of aliphatic hydroxyl groups is 1. The molecule has 2 rings (SSSR count). The van der Waals surface area contributed by atoms with E-state index >= 15 is 0 Å². The van der Waals surface area contributed by atoms with E-state index in [1.165, 1.54) is 16.2 Å². The molecular formula is C12H15NO4S. The zero-order valence-electron chi connectivity index (χ0n) is 10.00. The maximum Gasteiger partial charge on any atom is 0.326 e. The summed E-state index contributed by atoms with van der Waals surface area (Å²) in [6.45, 7) is 2.09. The summed E-state index contributed by atoms with van der Waals surface area (Å²) in [6, 6.07) is 2.68. The molecule has 2 N–H and O–H groups in total. The van der Waals surface area contributed by atoms with Crippen LogP contribution in [0.4, 0.5) is 0 Å².